The first-order chi connectivity index (χ1) is 4.83. The molecular formula is C6H8N2O2. The number of nitrogens with zero attached hydrogens (tertiary/aromatic N) is 1. The van der Waals surface area contributed by atoms with Crippen molar-refractivity contribution in [2.75, 3.05) is 6.61 Å². The van der Waals surface area contributed by atoms with Crippen LogP contribution in [0.2, 0.25) is 0 Å². The van der Waals surface area contributed by atoms with E-state index in [1.807, 2.05) is 5.32 Å². The molecule has 1 aliphatic carbocycles. The summed E-state index contributed by atoms with van der Waals surface area (Å²) in [6, 6.07) is 0. The monoisotopic (exact) mass is 140 g/mol. The van der Waals surface area contributed by atoms with Gasteiger partial charge in [0.15, 0.2) is 6.19 Å². The molecule has 0 unspecified atom stereocenters. The molecule has 4 nitrogen and oxygen atoms in total. The van der Waals surface area contributed by atoms with Gasteiger partial charge in [0.25, 0.3) is 5.91 Å². The predicted octanol–water partition coefficient (Wildman–Crippen LogP) is -0.237. The molecule has 10 heavy (non-hydrogen) atoms. The van der Waals surface area contributed by atoms with E-state index in [4.69, 9.17) is 10.00 Å². The van der Waals surface area contributed by atoms with E-state index >= 15 is 0 Å². The molecule has 1 aliphatic rings. The Balaban J connectivity index is 2.01. The summed E-state index contributed by atoms with van der Waals surface area (Å²) in [4.78, 5) is 10.5. The maximum atomic E-state index is 10.5. The highest BCUT2D eigenvalue weighted by molar-refractivity contribution is 5.78. The SMILES string of the molecule is N#CNC(=O)COC1CC1. The summed E-state index contributed by atoms with van der Waals surface area (Å²) >= 11 is 0. The summed E-state index contributed by atoms with van der Waals surface area (Å²) in [5.74, 6) is -0.366. The number of nitrogens with one attached hydrogen (secondary N) is 1. The second-order valence-electron chi connectivity index (χ2n) is 2.17. The zero-order valence-electron chi connectivity index (χ0n) is 5.46. The smallest absolute Gasteiger partial charge is 0.258 e. The van der Waals surface area contributed by atoms with Gasteiger partial charge in [-0.15, -0.1) is 0 Å². The van der Waals surface area contributed by atoms with Crippen molar-refractivity contribution in [3.05, 3.63) is 0 Å². The van der Waals surface area contributed by atoms with Crippen LogP contribution in [0.25, 0.3) is 0 Å². The van der Waals surface area contributed by atoms with E-state index in [1.165, 1.54) is 6.19 Å². The molecule has 0 bridgehead atoms. The van der Waals surface area contributed by atoms with E-state index in [0.717, 1.165) is 12.8 Å². The van der Waals surface area contributed by atoms with Crippen molar-refractivity contribution in [1.29, 1.82) is 5.26 Å². The molecule has 4 heteroatoms. The third kappa shape index (κ3) is 2.46. The topological polar surface area (TPSA) is 62.1 Å². The van der Waals surface area contributed by atoms with Gasteiger partial charge in [0, 0.05) is 0 Å². The lowest BCUT2D eigenvalue weighted by molar-refractivity contribution is -0.124. The quantitative estimate of drug-likeness (QED) is 0.434. The van der Waals surface area contributed by atoms with E-state index in [9.17, 15) is 4.79 Å². The summed E-state index contributed by atoms with van der Waals surface area (Å²) < 4.78 is 5.00. The van der Waals surface area contributed by atoms with Crippen LogP contribution in [-0.4, -0.2) is 18.6 Å². The fourth-order valence-electron chi connectivity index (χ4n) is 0.527. The van der Waals surface area contributed by atoms with Crippen LogP contribution in [0, 0.1) is 11.5 Å². The maximum Gasteiger partial charge on any atom is 0.258 e. The lowest BCUT2D eigenvalue weighted by atomic mass is 10.6. The van der Waals surface area contributed by atoms with Gasteiger partial charge in [0.05, 0.1) is 6.10 Å². The van der Waals surface area contributed by atoms with Crippen molar-refractivity contribution in [3.8, 4) is 6.19 Å². The number of amides is 1. The lowest BCUT2D eigenvalue weighted by Gasteiger charge is -1.96. The third-order valence-corrected chi connectivity index (χ3v) is 1.17. The average molecular weight is 140 g/mol. The predicted molar refractivity (Wildman–Crippen MR) is 32.7 cm³/mol. The molecule has 0 aromatic rings. The average Bonchev–Trinajstić information content (AvgIpc) is 2.67. The fraction of sp³-hybridized carbons (Fsp3) is 0.667. The van der Waals surface area contributed by atoms with Gasteiger partial charge in [-0.3, -0.25) is 10.1 Å². The Morgan fingerprint density at radius 1 is 1.80 bits per heavy atom. The molecule has 0 atom stereocenters. The van der Waals surface area contributed by atoms with Gasteiger partial charge in [-0.05, 0) is 12.8 Å². The zero-order chi connectivity index (χ0) is 7.40. The fourth-order valence-corrected chi connectivity index (χ4v) is 0.527. The van der Waals surface area contributed by atoms with Gasteiger partial charge in [-0.2, -0.15) is 5.26 Å². The highest BCUT2D eigenvalue weighted by atomic mass is 16.5. The second-order valence-corrected chi connectivity index (χ2v) is 2.17. The van der Waals surface area contributed by atoms with Crippen LogP contribution in [0.3, 0.4) is 0 Å². The first kappa shape index (κ1) is 7.03. The minimum atomic E-state index is -0.366. The van der Waals surface area contributed by atoms with Crippen molar-refractivity contribution in [2.24, 2.45) is 0 Å². The van der Waals surface area contributed by atoms with Crippen LogP contribution < -0.4 is 5.32 Å². The molecule has 0 aromatic heterocycles. The molecule has 0 aromatic carbocycles. The molecular weight excluding hydrogens is 132 g/mol. The van der Waals surface area contributed by atoms with Crippen LogP contribution >= 0.6 is 0 Å². The largest absolute Gasteiger partial charge is 0.368 e. The lowest BCUT2D eigenvalue weighted by Crippen LogP contribution is -2.23. The Kier molecular flexibility index (Phi) is 2.24. The Morgan fingerprint density at radius 2 is 2.50 bits per heavy atom. The second kappa shape index (κ2) is 3.18. The summed E-state index contributed by atoms with van der Waals surface area (Å²) in [6.07, 6.45) is 3.88. The number of hydrogen-bond donors (Lipinski definition) is 1. The van der Waals surface area contributed by atoms with Crippen LogP contribution in [0.1, 0.15) is 12.8 Å². The van der Waals surface area contributed by atoms with Crippen molar-refractivity contribution in [1.82, 2.24) is 5.32 Å². The number of carbonyl (C=O) groups excluding carboxylic acids is 1. The van der Waals surface area contributed by atoms with Gasteiger partial charge in [0.2, 0.25) is 0 Å². The summed E-state index contributed by atoms with van der Waals surface area (Å²) in [7, 11) is 0. The molecule has 0 radical (unpaired) electrons. The first-order valence-corrected chi connectivity index (χ1v) is 3.12. The molecule has 1 saturated carbocycles. The molecule has 1 N–H and O–H groups in total. The standard InChI is InChI=1S/C6H8N2O2/c7-4-8-6(9)3-10-5-1-2-5/h5H,1-3H2,(H,8,9). The van der Waals surface area contributed by atoms with Crippen molar-refractivity contribution in [2.45, 2.75) is 18.9 Å². The van der Waals surface area contributed by atoms with Gasteiger partial charge in [-0.25, -0.2) is 0 Å². The van der Waals surface area contributed by atoms with Gasteiger partial charge < -0.3 is 4.74 Å². The van der Waals surface area contributed by atoms with E-state index in [2.05, 4.69) is 0 Å². The van der Waals surface area contributed by atoms with Crippen molar-refractivity contribution < 1.29 is 9.53 Å². The van der Waals surface area contributed by atoms with Crippen LogP contribution in [0.4, 0.5) is 0 Å². The summed E-state index contributed by atoms with van der Waals surface area (Å²) in [5.41, 5.74) is 0. The van der Waals surface area contributed by atoms with Gasteiger partial charge in [0.1, 0.15) is 6.61 Å². The van der Waals surface area contributed by atoms with E-state index in [1.54, 1.807) is 0 Å². The van der Waals surface area contributed by atoms with Gasteiger partial charge in [-0.1, -0.05) is 0 Å². The normalized spacial score (nSPS) is 15.9. The van der Waals surface area contributed by atoms with Crippen LogP contribution in [0.15, 0.2) is 0 Å². The number of carbonyl (C=O) groups is 1. The number of ether oxygens (including phenoxy) is 1. The molecule has 1 rings (SSSR count). The molecule has 0 spiro atoms. The summed E-state index contributed by atoms with van der Waals surface area (Å²) in [5, 5.41) is 9.95. The molecule has 54 valence electrons. The van der Waals surface area contributed by atoms with Crippen molar-refractivity contribution in [3.63, 3.8) is 0 Å². The van der Waals surface area contributed by atoms with E-state index < -0.39 is 0 Å². The third-order valence-electron chi connectivity index (χ3n) is 1.17. The molecule has 0 aliphatic heterocycles. The minimum Gasteiger partial charge on any atom is -0.368 e. The first-order valence-electron chi connectivity index (χ1n) is 3.12. The molecule has 0 heterocycles. The summed E-state index contributed by atoms with van der Waals surface area (Å²) in [6.45, 7) is 0.0121. The van der Waals surface area contributed by atoms with Crippen LogP contribution in [0.5, 0.6) is 0 Å². The number of hydrogen-bond acceptors (Lipinski definition) is 3. The Morgan fingerprint density at radius 3 is 3.00 bits per heavy atom. The molecule has 1 fully saturated rings. The highest BCUT2D eigenvalue weighted by Gasteiger charge is 2.22. The van der Waals surface area contributed by atoms with E-state index in [0.29, 0.717) is 0 Å². The van der Waals surface area contributed by atoms with Gasteiger partial charge >= 0.3 is 0 Å². The zero-order valence-corrected chi connectivity index (χ0v) is 5.46. The number of nitriles is 1. The van der Waals surface area contributed by atoms with Crippen LogP contribution in [-0.2, 0) is 9.53 Å². The Bertz CT molecular complexity index is 169. The van der Waals surface area contributed by atoms with Crippen molar-refractivity contribution >= 4 is 5.91 Å². The minimum absolute atomic E-state index is 0.0121. The highest BCUT2D eigenvalue weighted by Crippen LogP contribution is 2.22. The van der Waals surface area contributed by atoms with E-state index in [-0.39, 0.29) is 18.6 Å². The maximum absolute atomic E-state index is 10.5. The Labute approximate surface area is 58.8 Å². The number of rotatable bonds is 3. The Hall–Kier alpha value is -1.08. The molecule has 1 amide bonds. The molecule has 0 saturated heterocycles.